The first kappa shape index (κ1) is 10.8. The molecule has 0 heterocycles. The monoisotopic (exact) mass is 184 g/mol. The topological polar surface area (TPSA) is 83.8 Å². The van der Waals surface area contributed by atoms with Crippen LogP contribution in [-0.2, 0) is 14.9 Å². The molecule has 0 spiro atoms. The second-order valence-electron chi connectivity index (χ2n) is 2.45. The Morgan fingerprint density at radius 3 is 2.18 bits per heavy atom. The first-order chi connectivity index (χ1) is 4.81. The average molecular weight is 184 g/mol. The van der Waals surface area contributed by atoms with Gasteiger partial charge in [-0.1, -0.05) is 0 Å². The van der Waals surface area contributed by atoms with Gasteiger partial charge in [-0.25, -0.2) is 0 Å². The number of rotatable bonds is 4. The van der Waals surface area contributed by atoms with Crippen molar-refractivity contribution < 1.29 is 22.8 Å². The highest BCUT2D eigenvalue weighted by molar-refractivity contribution is 7.87. The summed E-state index contributed by atoms with van der Waals surface area (Å²) in [5, 5.41) is 8.29. The number of ether oxygens (including phenoxy) is 1. The highest BCUT2D eigenvalue weighted by Crippen LogP contribution is 2.15. The molecular weight excluding hydrogens is 172 g/mol. The van der Waals surface area contributed by atoms with Crippen molar-refractivity contribution in [2.75, 3.05) is 13.2 Å². The molecule has 0 aromatic rings. The van der Waals surface area contributed by atoms with Gasteiger partial charge in [0.1, 0.15) is 0 Å². The third-order valence-electron chi connectivity index (χ3n) is 1.16. The van der Waals surface area contributed by atoms with E-state index in [4.69, 9.17) is 9.66 Å². The fourth-order valence-electron chi connectivity index (χ4n) is 0.366. The van der Waals surface area contributed by atoms with Gasteiger partial charge in [-0.15, -0.1) is 0 Å². The van der Waals surface area contributed by atoms with Crippen LogP contribution in [0.25, 0.3) is 0 Å². The SMILES string of the molecule is CC(C)(OCCO)S(=O)(=O)O. The fraction of sp³-hybridized carbons (Fsp3) is 1.00. The molecule has 0 amide bonds. The minimum absolute atomic E-state index is 0.118. The minimum Gasteiger partial charge on any atom is -0.394 e. The Morgan fingerprint density at radius 2 is 1.91 bits per heavy atom. The maximum atomic E-state index is 10.5. The third-order valence-corrected chi connectivity index (χ3v) is 2.52. The Bertz CT molecular complexity index is 205. The summed E-state index contributed by atoms with van der Waals surface area (Å²) in [6.45, 7) is 2.02. The van der Waals surface area contributed by atoms with Gasteiger partial charge < -0.3 is 9.84 Å². The molecule has 0 saturated heterocycles. The van der Waals surface area contributed by atoms with Gasteiger partial charge in [-0.2, -0.15) is 8.42 Å². The van der Waals surface area contributed by atoms with Crippen molar-refractivity contribution in [1.29, 1.82) is 0 Å². The van der Waals surface area contributed by atoms with Crippen molar-refractivity contribution >= 4 is 10.1 Å². The normalized spacial score (nSPS) is 13.5. The molecular formula is C5H12O5S. The van der Waals surface area contributed by atoms with E-state index in [-0.39, 0.29) is 13.2 Å². The molecule has 0 aliphatic rings. The van der Waals surface area contributed by atoms with Gasteiger partial charge in [0.05, 0.1) is 13.2 Å². The Balaban J connectivity index is 4.24. The van der Waals surface area contributed by atoms with Crippen LogP contribution in [0, 0.1) is 0 Å². The Kier molecular flexibility index (Phi) is 3.43. The van der Waals surface area contributed by atoms with Crippen molar-refractivity contribution in [2.24, 2.45) is 0 Å². The standard InChI is InChI=1S/C5H12O5S/c1-5(2,10-4-3-6)11(7,8)9/h6H,3-4H2,1-2H3,(H,7,8,9). The van der Waals surface area contributed by atoms with Crippen LogP contribution in [0.5, 0.6) is 0 Å². The summed E-state index contributed by atoms with van der Waals surface area (Å²) in [5.41, 5.74) is 0. The summed E-state index contributed by atoms with van der Waals surface area (Å²) in [6.07, 6.45) is 0. The number of aliphatic hydroxyl groups excluding tert-OH is 1. The van der Waals surface area contributed by atoms with Crippen molar-refractivity contribution in [3.8, 4) is 0 Å². The van der Waals surface area contributed by atoms with E-state index in [1.807, 2.05) is 0 Å². The van der Waals surface area contributed by atoms with E-state index >= 15 is 0 Å². The van der Waals surface area contributed by atoms with E-state index in [9.17, 15) is 8.42 Å². The van der Waals surface area contributed by atoms with E-state index in [1.165, 1.54) is 13.8 Å². The molecule has 11 heavy (non-hydrogen) atoms. The second-order valence-corrected chi connectivity index (χ2v) is 4.38. The zero-order valence-corrected chi connectivity index (χ0v) is 7.26. The van der Waals surface area contributed by atoms with Crippen LogP contribution in [0.2, 0.25) is 0 Å². The molecule has 0 aromatic carbocycles. The van der Waals surface area contributed by atoms with Gasteiger partial charge in [-0.05, 0) is 13.8 Å². The van der Waals surface area contributed by atoms with E-state index in [0.717, 1.165) is 0 Å². The summed E-state index contributed by atoms with van der Waals surface area (Å²) in [7, 11) is -4.21. The molecule has 0 rings (SSSR count). The zero-order chi connectivity index (χ0) is 9.12. The molecule has 6 heteroatoms. The van der Waals surface area contributed by atoms with Gasteiger partial charge in [0.15, 0.2) is 4.93 Å². The molecule has 68 valence electrons. The third kappa shape index (κ3) is 3.15. The quantitative estimate of drug-likeness (QED) is 0.582. The Morgan fingerprint density at radius 1 is 1.45 bits per heavy atom. The Hall–Kier alpha value is -0.170. The molecule has 0 radical (unpaired) electrons. The first-order valence-electron chi connectivity index (χ1n) is 3.03. The maximum Gasteiger partial charge on any atom is 0.294 e. The maximum absolute atomic E-state index is 10.5. The lowest BCUT2D eigenvalue weighted by molar-refractivity contribution is 0.0160. The van der Waals surface area contributed by atoms with Crippen LogP contribution in [-0.4, -0.2) is 36.2 Å². The highest BCUT2D eigenvalue weighted by atomic mass is 32.2. The van der Waals surface area contributed by atoms with Gasteiger partial charge >= 0.3 is 0 Å². The highest BCUT2D eigenvalue weighted by Gasteiger charge is 2.33. The summed E-state index contributed by atoms with van der Waals surface area (Å²) in [5.74, 6) is 0. The van der Waals surface area contributed by atoms with Crippen LogP contribution in [0.3, 0.4) is 0 Å². The minimum atomic E-state index is -4.21. The molecule has 0 fully saturated rings. The predicted molar refractivity (Wildman–Crippen MR) is 38.7 cm³/mol. The summed E-state index contributed by atoms with van der Waals surface area (Å²) in [4.78, 5) is -1.64. The van der Waals surface area contributed by atoms with Crippen LogP contribution < -0.4 is 0 Å². The van der Waals surface area contributed by atoms with Crippen LogP contribution in [0.1, 0.15) is 13.8 Å². The van der Waals surface area contributed by atoms with Gasteiger partial charge in [0, 0.05) is 0 Å². The van der Waals surface area contributed by atoms with E-state index in [2.05, 4.69) is 4.74 Å². The average Bonchev–Trinajstić information content (AvgIpc) is 1.81. The molecule has 0 saturated carbocycles. The molecule has 5 nitrogen and oxygen atoms in total. The molecule has 0 aliphatic carbocycles. The van der Waals surface area contributed by atoms with E-state index in [0.29, 0.717) is 0 Å². The summed E-state index contributed by atoms with van der Waals surface area (Å²) < 4.78 is 34.2. The van der Waals surface area contributed by atoms with E-state index < -0.39 is 15.1 Å². The molecule has 0 aliphatic heterocycles. The molecule has 0 bridgehead atoms. The number of hydrogen-bond acceptors (Lipinski definition) is 4. The lowest BCUT2D eigenvalue weighted by Crippen LogP contribution is -2.35. The van der Waals surface area contributed by atoms with Crippen LogP contribution >= 0.6 is 0 Å². The van der Waals surface area contributed by atoms with Gasteiger partial charge in [-0.3, -0.25) is 4.55 Å². The molecule has 0 unspecified atom stereocenters. The second kappa shape index (κ2) is 3.48. The lowest BCUT2D eigenvalue weighted by Gasteiger charge is -2.20. The van der Waals surface area contributed by atoms with Crippen molar-refractivity contribution in [3.05, 3.63) is 0 Å². The van der Waals surface area contributed by atoms with Gasteiger partial charge in [0.2, 0.25) is 0 Å². The van der Waals surface area contributed by atoms with Crippen molar-refractivity contribution in [3.63, 3.8) is 0 Å². The van der Waals surface area contributed by atoms with Crippen LogP contribution in [0.4, 0.5) is 0 Å². The van der Waals surface area contributed by atoms with Crippen molar-refractivity contribution in [1.82, 2.24) is 0 Å². The van der Waals surface area contributed by atoms with E-state index in [1.54, 1.807) is 0 Å². The lowest BCUT2D eigenvalue weighted by atomic mass is 10.5. The fourth-order valence-corrected chi connectivity index (χ4v) is 0.598. The van der Waals surface area contributed by atoms with Gasteiger partial charge in [0.25, 0.3) is 10.1 Å². The number of hydrogen-bond donors (Lipinski definition) is 2. The summed E-state index contributed by atoms with van der Waals surface area (Å²) >= 11 is 0. The molecule has 0 atom stereocenters. The smallest absolute Gasteiger partial charge is 0.294 e. The zero-order valence-electron chi connectivity index (χ0n) is 6.44. The first-order valence-corrected chi connectivity index (χ1v) is 4.47. The largest absolute Gasteiger partial charge is 0.394 e. The summed E-state index contributed by atoms with van der Waals surface area (Å²) in [6, 6.07) is 0. The van der Waals surface area contributed by atoms with Crippen molar-refractivity contribution in [2.45, 2.75) is 18.8 Å². The Labute approximate surface area is 65.7 Å². The molecule has 2 N–H and O–H groups in total. The predicted octanol–water partition coefficient (Wildman–Crippen LogP) is -0.381. The van der Waals surface area contributed by atoms with Crippen LogP contribution in [0.15, 0.2) is 0 Å². The number of aliphatic hydroxyl groups is 1. The molecule has 0 aromatic heterocycles.